The largest absolute Gasteiger partial charge is 0.288 e. The molecule has 0 aromatic heterocycles. The number of allylic oxidation sites excluding steroid dienone is 3. The lowest BCUT2D eigenvalue weighted by Crippen LogP contribution is -1.91. The molecule has 15 heavy (non-hydrogen) atoms. The molecule has 78 valence electrons. The van der Waals surface area contributed by atoms with E-state index < -0.39 is 0 Å². The summed E-state index contributed by atoms with van der Waals surface area (Å²) in [5.74, 6) is -0.151. The summed E-state index contributed by atoms with van der Waals surface area (Å²) in [6.07, 6.45) is 5.72. The van der Waals surface area contributed by atoms with E-state index in [1.807, 2.05) is 37.3 Å². The number of ketones is 1. The Balaban J connectivity index is 2.67. The summed E-state index contributed by atoms with van der Waals surface area (Å²) in [4.78, 5) is 11.4. The molecule has 0 atom stereocenters. The second-order valence-corrected chi connectivity index (χ2v) is 3.48. The molecule has 2 heteroatoms. The van der Waals surface area contributed by atoms with Gasteiger partial charge in [0.25, 0.3) is 0 Å². The Labute approximate surface area is 95.1 Å². The van der Waals surface area contributed by atoms with Crippen LogP contribution in [0.25, 0.3) is 6.08 Å². The number of rotatable bonds is 4. The first-order valence-corrected chi connectivity index (χ1v) is 5.25. The smallest absolute Gasteiger partial charge is 0.196 e. The Kier molecular flexibility index (Phi) is 4.85. The zero-order valence-electron chi connectivity index (χ0n) is 8.61. The van der Waals surface area contributed by atoms with Gasteiger partial charge in [-0.3, -0.25) is 4.79 Å². The van der Waals surface area contributed by atoms with Gasteiger partial charge in [0, 0.05) is 0 Å². The average Bonchev–Trinajstić information content (AvgIpc) is 2.27. The first-order chi connectivity index (χ1) is 7.24. The van der Waals surface area contributed by atoms with Gasteiger partial charge in [-0.15, -0.1) is 0 Å². The minimum absolute atomic E-state index is 0.151. The lowest BCUT2D eigenvalue weighted by molar-refractivity contribution is -0.110. The Morgan fingerprint density at radius 1 is 1.33 bits per heavy atom. The predicted molar refractivity (Wildman–Crippen MR) is 64.7 cm³/mol. The van der Waals surface area contributed by atoms with Crippen LogP contribution in [0.2, 0.25) is 0 Å². The Hall–Kier alpha value is -1.34. The summed E-state index contributed by atoms with van der Waals surface area (Å²) < 4.78 is 0. The standard InChI is InChI=1S/C13H13ClO/c1-2-6-12(14)13(15)10-9-11-7-4-3-5-8-11/h3-10H,2H2,1H3/b10-9+,12-6-. The molecule has 0 N–H and O–H groups in total. The number of hydrogen-bond acceptors (Lipinski definition) is 1. The summed E-state index contributed by atoms with van der Waals surface area (Å²) in [6.45, 7) is 1.94. The third kappa shape index (κ3) is 4.13. The molecule has 0 aliphatic rings. The highest BCUT2D eigenvalue weighted by Crippen LogP contribution is 2.07. The predicted octanol–water partition coefficient (Wildman–Crippen LogP) is 3.80. The van der Waals surface area contributed by atoms with E-state index in [2.05, 4.69) is 0 Å². The van der Waals surface area contributed by atoms with Gasteiger partial charge in [0.15, 0.2) is 5.78 Å². The van der Waals surface area contributed by atoms with E-state index in [1.165, 1.54) is 6.08 Å². The third-order valence-electron chi connectivity index (χ3n) is 1.85. The molecule has 0 spiro atoms. The van der Waals surface area contributed by atoms with Crippen molar-refractivity contribution in [1.29, 1.82) is 0 Å². The minimum atomic E-state index is -0.151. The highest BCUT2D eigenvalue weighted by molar-refractivity contribution is 6.44. The maximum atomic E-state index is 11.4. The van der Waals surface area contributed by atoms with E-state index in [1.54, 1.807) is 12.2 Å². The molecule has 0 saturated carbocycles. The van der Waals surface area contributed by atoms with E-state index in [9.17, 15) is 4.79 Å². The summed E-state index contributed by atoms with van der Waals surface area (Å²) >= 11 is 5.76. The molecule has 0 aliphatic heterocycles. The maximum absolute atomic E-state index is 11.4. The molecule has 0 fully saturated rings. The van der Waals surface area contributed by atoms with Crippen LogP contribution in [0.4, 0.5) is 0 Å². The van der Waals surface area contributed by atoms with Crippen molar-refractivity contribution in [1.82, 2.24) is 0 Å². The first-order valence-electron chi connectivity index (χ1n) is 4.87. The molecule has 0 aliphatic carbocycles. The van der Waals surface area contributed by atoms with Gasteiger partial charge in [0.2, 0.25) is 0 Å². The van der Waals surface area contributed by atoms with Gasteiger partial charge in [-0.25, -0.2) is 0 Å². The topological polar surface area (TPSA) is 17.1 Å². The molecule has 1 aromatic rings. The van der Waals surface area contributed by atoms with Crippen LogP contribution in [-0.4, -0.2) is 5.78 Å². The number of carbonyl (C=O) groups is 1. The molecule has 1 nitrogen and oxygen atoms in total. The summed E-state index contributed by atoms with van der Waals surface area (Å²) in [5.41, 5.74) is 0.992. The lowest BCUT2D eigenvalue weighted by atomic mass is 10.2. The molecule has 1 rings (SSSR count). The van der Waals surface area contributed by atoms with Crippen molar-refractivity contribution in [3.05, 3.63) is 53.1 Å². The van der Waals surface area contributed by atoms with Crippen LogP contribution >= 0.6 is 11.6 Å². The van der Waals surface area contributed by atoms with Gasteiger partial charge in [-0.2, -0.15) is 0 Å². The van der Waals surface area contributed by atoms with Crippen molar-refractivity contribution in [3.63, 3.8) is 0 Å². The van der Waals surface area contributed by atoms with E-state index >= 15 is 0 Å². The van der Waals surface area contributed by atoms with Crippen molar-refractivity contribution >= 4 is 23.5 Å². The number of halogens is 1. The zero-order chi connectivity index (χ0) is 11.1. The average molecular weight is 221 g/mol. The van der Waals surface area contributed by atoms with Gasteiger partial charge < -0.3 is 0 Å². The molecule has 0 saturated heterocycles. The summed E-state index contributed by atoms with van der Waals surface area (Å²) in [5, 5.41) is 0.282. The highest BCUT2D eigenvalue weighted by atomic mass is 35.5. The molecule has 0 amide bonds. The van der Waals surface area contributed by atoms with Crippen molar-refractivity contribution in [2.24, 2.45) is 0 Å². The normalized spacial score (nSPS) is 12.0. The quantitative estimate of drug-likeness (QED) is 0.706. The highest BCUT2D eigenvalue weighted by Gasteiger charge is 2.00. The van der Waals surface area contributed by atoms with Gasteiger partial charge in [0.05, 0.1) is 5.03 Å². The van der Waals surface area contributed by atoms with Crippen molar-refractivity contribution in [3.8, 4) is 0 Å². The molecule has 0 radical (unpaired) electrons. The molecular formula is C13H13ClO. The Morgan fingerprint density at radius 2 is 2.00 bits per heavy atom. The Bertz CT molecular complexity index is 377. The van der Waals surface area contributed by atoms with Crippen LogP contribution in [0.3, 0.4) is 0 Å². The van der Waals surface area contributed by atoms with Crippen LogP contribution in [0, 0.1) is 0 Å². The molecule has 0 heterocycles. The first kappa shape index (κ1) is 11.7. The molecule has 1 aromatic carbocycles. The van der Waals surface area contributed by atoms with Crippen molar-refractivity contribution in [2.45, 2.75) is 13.3 Å². The van der Waals surface area contributed by atoms with E-state index in [4.69, 9.17) is 11.6 Å². The van der Waals surface area contributed by atoms with E-state index in [0.717, 1.165) is 12.0 Å². The molecular weight excluding hydrogens is 208 g/mol. The van der Waals surface area contributed by atoms with E-state index in [0.29, 0.717) is 0 Å². The lowest BCUT2D eigenvalue weighted by Gasteiger charge is -1.92. The van der Waals surface area contributed by atoms with Crippen LogP contribution in [-0.2, 0) is 4.79 Å². The van der Waals surface area contributed by atoms with Gasteiger partial charge >= 0.3 is 0 Å². The van der Waals surface area contributed by atoms with Crippen LogP contribution in [0.5, 0.6) is 0 Å². The third-order valence-corrected chi connectivity index (χ3v) is 2.19. The number of carbonyl (C=O) groups excluding carboxylic acids is 1. The second-order valence-electron chi connectivity index (χ2n) is 3.07. The van der Waals surface area contributed by atoms with Crippen LogP contribution in [0.15, 0.2) is 47.5 Å². The fraction of sp³-hybridized carbons (Fsp3) is 0.154. The van der Waals surface area contributed by atoms with E-state index in [-0.39, 0.29) is 10.8 Å². The molecule has 0 unspecified atom stereocenters. The van der Waals surface area contributed by atoms with Crippen molar-refractivity contribution in [2.75, 3.05) is 0 Å². The van der Waals surface area contributed by atoms with Crippen LogP contribution < -0.4 is 0 Å². The number of hydrogen-bond donors (Lipinski definition) is 0. The monoisotopic (exact) mass is 220 g/mol. The second kappa shape index (κ2) is 6.20. The maximum Gasteiger partial charge on any atom is 0.196 e. The van der Waals surface area contributed by atoms with Crippen molar-refractivity contribution < 1.29 is 4.79 Å². The van der Waals surface area contributed by atoms with Crippen LogP contribution in [0.1, 0.15) is 18.9 Å². The molecule has 0 bridgehead atoms. The number of benzene rings is 1. The van der Waals surface area contributed by atoms with Gasteiger partial charge in [-0.05, 0) is 18.1 Å². The summed E-state index contributed by atoms with van der Waals surface area (Å²) in [6, 6.07) is 9.65. The Morgan fingerprint density at radius 3 is 2.60 bits per heavy atom. The fourth-order valence-corrected chi connectivity index (χ4v) is 1.31. The zero-order valence-corrected chi connectivity index (χ0v) is 9.37. The fourth-order valence-electron chi connectivity index (χ4n) is 1.10. The van der Waals surface area contributed by atoms with Gasteiger partial charge in [-0.1, -0.05) is 61.0 Å². The summed E-state index contributed by atoms with van der Waals surface area (Å²) in [7, 11) is 0. The SMILES string of the molecule is CC/C=C(\Cl)C(=O)/C=C/c1ccccc1. The minimum Gasteiger partial charge on any atom is -0.288 e. The van der Waals surface area contributed by atoms with Gasteiger partial charge in [0.1, 0.15) is 0 Å².